The van der Waals surface area contributed by atoms with E-state index in [0.717, 1.165) is 24.2 Å². The number of rotatable bonds is 3. The summed E-state index contributed by atoms with van der Waals surface area (Å²) in [4.78, 5) is 18.0. The molecule has 15 heavy (non-hydrogen) atoms. The number of fused-ring (bicyclic) bond motifs is 1. The monoisotopic (exact) mass is 207 g/mol. The number of H-pyrrole nitrogens is 1. The number of nitrogens with one attached hydrogen (secondary N) is 1. The normalized spacial score (nSPS) is 16.1. The fourth-order valence-electron chi connectivity index (χ4n) is 1.62. The molecular formula is C10H13N3O2. The number of carbonyl (C=O) groups is 1. The van der Waals surface area contributed by atoms with Crippen molar-refractivity contribution in [3.8, 4) is 0 Å². The third kappa shape index (κ3) is 2.07. The summed E-state index contributed by atoms with van der Waals surface area (Å²) in [6.45, 7) is 0. The van der Waals surface area contributed by atoms with Crippen molar-refractivity contribution in [3.05, 3.63) is 23.3 Å². The molecule has 0 bridgehead atoms. The minimum atomic E-state index is -1.00. The number of nitrogens with zero attached hydrogens (tertiary/aromatic N) is 1. The maximum Gasteiger partial charge on any atom is 0.320 e. The van der Waals surface area contributed by atoms with Gasteiger partial charge in [-0.3, -0.25) is 4.79 Å². The Balaban J connectivity index is 2.13. The number of carboxylic acids is 1. The lowest BCUT2D eigenvalue weighted by Crippen LogP contribution is -2.32. The lowest BCUT2D eigenvalue weighted by molar-refractivity contribution is -0.138. The number of hydrogen-bond acceptors (Lipinski definition) is 3. The number of aliphatic carboxylic acids is 1. The fraction of sp³-hybridized carbons (Fsp3) is 0.400. The topological polar surface area (TPSA) is 92.0 Å². The van der Waals surface area contributed by atoms with Crippen LogP contribution in [0.1, 0.15) is 23.6 Å². The van der Waals surface area contributed by atoms with Crippen LogP contribution in [-0.2, 0) is 17.6 Å². The summed E-state index contributed by atoms with van der Waals surface area (Å²) in [5.74, 6) is -0.346. The lowest BCUT2D eigenvalue weighted by atomic mass is 10.1. The summed E-state index contributed by atoms with van der Waals surface area (Å²) in [5.41, 5.74) is 7.41. The average molecular weight is 207 g/mol. The van der Waals surface area contributed by atoms with Gasteiger partial charge in [-0.15, -0.1) is 0 Å². The Hall–Kier alpha value is -1.62. The van der Waals surface area contributed by atoms with Crippen LogP contribution in [-0.4, -0.2) is 27.1 Å². The van der Waals surface area contributed by atoms with E-state index in [1.807, 2.05) is 6.08 Å². The quantitative estimate of drug-likeness (QED) is 0.665. The summed E-state index contributed by atoms with van der Waals surface area (Å²) >= 11 is 0. The van der Waals surface area contributed by atoms with Crippen LogP contribution in [0.5, 0.6) is 0 Å². The second-order valence-corrected chi connectivity index (χ2v) is 3.64. The van der Waals surface area contributed by atoms with Gasteiger partial charge < -0.3 is 15.8 Å². The molecule has 1 aromatic heterocycles. The van der Waals surface area contributed by atoms with E-state index in [-0.39, 0.29) is 6.42 Å². The molecule has 0 spiro atoms. The smallest absolute Gasteiger partial charge is 0.320 e. The van der Waals surface area contributed by atoms with Gasteiger partial charge in [-0.2, -0.15) is 0 Å². The van der Waals surface area contributed by atoms with Gasteiger partial charge in [0.2, 0.25) is 0 Å². The van der Waals surface area contributed by atoms with E-state index < -0.39 is 12.0 Å². The molecule has 0 fully saturated rings. The van der Waals surface area contributed by atoms with Crippen molar-refractivity contribution >= 4 is 12.0 Å². The molecule has 1 atom stereocenters. The molecule has 1 aliphatic carbocycles. The highest BCUT2D eigenvalue weighted by molar-refractivity contribution is 5.73. The highest BCUT2D eigenvalue weighted by atomic mass is 16.4. The summed E-state index contributed by atoms with van der Waals surface area (Å²) in [6, 6.07) is -0.887. The summed E-state index contributed by atoms with van der Waals surface area (Å²) in [5, 5.41) is 8.67. The average Bonchev–Trinajstić information content (AvgIpc) is 2.59. The van der Waals surface area contributed by atoms with E-state index in [1.54, 1.807) is 0 Å². The predicted octanol–water partition coefficient (Wildman–Crippen LogP) is 0.323. The second-order valence-electron chi connectivity index (χ2n) is 3.64. The highest BCUT2D eigenvalue weighted by Gasteiger charge is 2.16. The van der Waals surface area contributed by atoms with Gasteiger partial charge in [0.25, 0.3) is 0 Å². The predicted molar refractivity (Wildman–Crippen MR) is 55.3 cm³/mol. The molecule has 80 valence electrons. The minimum absolute atomic E-state index is 0.246. The SMILES string of the molecule is NC(Cc1nc2c([nH]1)CCC=C2)C(=O)O. The van der Waals surface area contributed by atoms with E-state index in [0.29, 0.717) is 5.82 Å². The number of carboxylic acid groups (broad SMARTS) is 1. The molecule has 0 saturated carbocycles. The first-order valence-corrected chi connectivity index (χ1v) is 4.89. The molecule has 5 nitrogen and oxygen atoms in total. The van der Waals surface area contributed by atoms with Crippen LogP contribution < -0.4 is 5.73 Å². The van der Waals surface area contributed by atoms with Gasteiger partial charge in [0, 0.05) is 12.1 Å². The molecule has 1 aromatic rings. The number of imidazole rings is 1. The molecule has 5 heteroatoms. The van der Waals surface area contributed by atoms with Crippen LogP contribution in [0, 0.1) is 0 Å². The molecular weight excluding hydrogens is 194 g/mol. The van der Waals surface area contributed by atoms with Gasteiger partial charge in [-0.25, -0.2) is 4.98 Å². The Morgan fingerprint density at radius 1 is 1.73 bits per heavy atom. The number of nitrogens with two attached hydrogens (primary N) is 1. The van der Waals surface area contributed by atoms with E-state index in [9.17, 15) is 4.79 Å². The van der Waals surface area contributed by atoms with Crippen LogP contribution in [0.4, 0.5) is 0 Å². The molecule has 2 rings (SSSR count). The Labute approximate surface area is 87.0 Å². The van der Waals surface area contributed by atoms with E-state index in [4.69, 9.17) is 10.8 Å². The maximum absolute atomic E-state index is 10.6. The first kappa shape index (κ1) is 9.92. The molecule has 4 N–H and O–H groups in total. The molecule has 1 unspecified atom stereocenters. The number of aromatic amines is 1. The van der Waals surface area contributed by atoms with E-state index >= 15 is 0 Å². The zero-order valence-electron chi connectivity index (χ0n) is 8.23. The van der Waals surface area contributed by atoms with Crippen LogP contribution >= 0.6 is 0 Å². The lowest BCUT2D eigenvalue weighted by Gasteiger charge is -2.02. The van der Waals surface area contributed by atoms with E-state index in [2.05, 4.69) is 16.0 Å². The van der Waals surface area contributed by atoms with Crippen molar-refractivity contribution in [2.45, 2.75) is 25.3 Å². The van der Waals surface area contributed by atoms with Crippen molar-refractivity contribution < 1.29 is 9.90 Å². The van der Waals surface area contributed by atoms with Gasteiger partial charge in [0.1, 0.15) is 11.9 Å². The van der Waals surface area contributed by atoms with Gasteiger partial charge in [-0.05, 0) is 18.9 Å². The zero-order chi connectivity index (χ0) is 10.8. The summed E-state index contributed by atoms with van der Waals surface area (Å²) in [6.07, 6.45) is 6.19. The van der Waals surface area contributed by atoms with Crippen LogP contribution in [0.3, 0.4) is 0 Å². The molecule has 0 radical (unpaired) electrons. The molecule has 1 heterocycles. The third-order valence-electron chi connectivity index (χ3n) is 2.43. The van der Waals surface area contributed by atoms with Crippen LogP contribution in [0.15, 0.2) is 6.08 Å². The second kappa shape index (κ2) is 3.86. The Kier molecular flexibility index (Phi) is 2.55. The molecule has 0 amide bonds. The van der Waals surface area contributed by atoms with Gasteiger partial charge in [-0.1, -0.05) is 6.08 Å². The summed E-state index contributed by atoms with van der Waals surface area (Å²) in [7, 11) is 0. The molecule has 0 saturated heterocycles. The van der Waals surface area contributed by atoms with Gasteiger partial charge >= 0.3 is 5.97 Å². The molecule has 1 aliphatic rings. The number of aryl methyl sites for hydroxylation is 1. The van der Waals surface area contributed by atoms with Crippen molar-refractivity contribution in [2.24, 2.45) is 5.73 Å². The van der Waals surface area contributed by atoms with Crippen molar-refractivity contribution in [1.82, 2.24) is 9.97 Å². The highest BCUT2D eigenvalue weighted by Crippen LogP contribution is 2.16. The number of allylic oxidation sites excluding steroid dienone is 1. The Morgan fingerprint density at radius 2 is 2.53 bits per heavy atom. The zero-order valence-corrected chi connectivity index (χ0v) is 8.23. The van der Waals surface area contributed by atoms with Crippen molar-refractivity contribution in [2.75, 3.05) is 0 Å². The third-order valence-corrected chi connectivity index (χ3v) is 2.43. The standard InChI is InChI=1S/C10H13N3O2/c11-6(10(14)15)5-9-12-7-3-1-2-4-8(7)13-9/h1,3,6H,2,4-5,11H2,(H,12,13)(H,14,15). The number of aromatic nitrogens is 2. The van der Waals surface area contributed by atoms with Crippen LogP contribution in [0.25, 0.3) is 6.08 Å². The summed E-state index contributed by atoms with van der Waals surface area (Å²) < 4.78 is 0. The van der Waals surface area contributed by atoms with Gasteiger partial charge in [0.15, 0.2) is 0 Å². The Bertz CT molecular complexity index is 409. The first-order chi connectivity index (χ1) is 7.16. The largest absolute Gasteiger partial charge is 0.480 e. The van der Waals surface area contributed by atoms with Crippen LogP contribution in [0.2, 0.25) is 0 Å². The molecule has 0 aromatic carbocycles. The van der Waals surface area contributed by atoms with E-state index in [1.165, 1.54) is 0 Å². The molecule has 0 aliphatic heterocycles. The first-order valence-electron chi connectivity index (χ1n) is 4.89. The van der Waals surface area contributed by atoms with Gasteiger partial charge in [0.05, 0.1) is 5.69 Å². The minimum Gasteiger partial charge on any atom is -0.480 e. The maximum atomic E-state index is 10.6. The number of hydrogen-bond donors (Lipinski definition) is 3. The van der Waals surface area contributed by atoms with Crippen molar-refractivity contribution in [1.29, 1.82) is 0 Å². The fourth-order valence-corrected chi connectivity index (χ4v) is 1.62. The van der Waals surface area contributed by atoms with Crippen molar-refractivity contribution in [3.63, 3.8) is 0 Å². The Morgan fingerprint density at radius 3 is 3.20 bits per heavy atom.